The molecule has 0 saturated carbocycles. The molecule has 1 aliphatic heterocycles. The number of para-hydroxylation sites is 1. The van der Waals surface area contributed by atoms with Crippen LogP contribution in [0.25, 0.3) is 0 Å². The number of nitrogens with zero attached hydrogens (tertiary/aromatic N) is 2. The van der Waals surface area contributed by atoms with Crippen LogP contribution in [0.15, 0.2) is 65.4 Å². The average Bonchev–Trinajstić information content (AvgIpc) is 2.79. The van der Waals surface area contributed by atoms with Gasteiger partial charge in [0.05, 0.1) is 11.3 Å². The highest BCUT2D eigenvalue weighted by atomic mass is 16.4. The van der Waals surface area contributed by atoms with Gasteiger partial charge >= 0.3 is 5.97 Å². The van der Waals surface area contributed by atoms with Crippen LogP contribution in [0.3, 0.4) is 0 Å². The average molecular weight is 335 g/mol. The van der Waals surface area contributed by atoms with E-state index in [1.165, 1.54) is 11.3 Å². The molecular weight excluding hydrogens is 314 g/mol. The Hall–Kier alpha value is -3.08. The summed E-state index contributed by atoms with van der Waals surface area (Å²) in [5.74, 6) is -0.957. The molecule has 0 saturated heterocycles. The zero-order valence-corrected chi connectivity index (χ0v) is 14.5. The van der Waals surface area contributed by atoms with Crippen LogP contribution in [0.2, 0.25) is 0 Å². The SMILES string of the molecule is CN1/C(=C\C=N/Nc2cccc(C(=O)O)c2)C(C)(C)c2ccccc21. The second-order valence-corrected chi connectivity index (χ2v) is 6.53. The molecule has 1 aliphatic rings. The third kappa shape index (κ3) is 3.13. The number of benzene rings is 2. The van der Waals surface area contributed by atoms with Crippen molar-refractivity contribution in [1.29, 1.82) is 0 Å². The maximum Gasteiger partial charge on any atom is 0.335 e. The molecule has 0 amide bonds. The number of carboxylic acids is 1. The molecule has 0 atom stereocenters. The Balaban J connectivity index is 1.77. The summed E-state index contributed by atoms with van der Waals surface area (Å²) >= 11 is 0. The molecule has 2 aromatic rings. The zero-order chi connectivity index (χ0) is 18.0. The van der Waals surface area contributed by atoms with Gasteiger partial charge in [0.1, 0.15) is 0 Å². The van der Waals surface area contributed by atoms with Gasteiger partial charge in [-0.15, -0.1) is 0 Å². The number of fused-ring (bicyclic) bond motifs is 1. The Kier molecular flexibility index (Phi) is 4.31. The largest absolute Gasteiger partial charge is 0.478 e. The Bertz CT molecular complexity index is 869. The highest BCUT2D eigenvalue weighted by molar-refractivity contribution is 5.88. The Labute approximate surface area is 147 Å². The van der Waals surface area contributed by atoms with E-state index >= 15 is 0 Å². The summed E-state index contributed by atoms with van der Waals surface area (Å²) in [6.45, 7) is 4.39. The van der Waals surface area contributed by atoms with Crippen molar-refractivity contribution in [3.63, 3.8) is 0 Å². The zero-order valence-electron chi connectivity index (χ0n) is 14.5. The van der Waals surface area contributed by atoms with E-state index in [1.54, 1.807) is 30.5 Å². The van der Waals surface area contributed by atoms with Crippen molar-refractivity contribution < 1.29 is 9.90 Å². The first-order valence-electron chi connectivity index (χ1n) is 8.07. The number of allylic oxidation sites excluding steroid dienone is 2. The number of anilines is 2. The maximum absolute atomic E-state index is 11.0. The molecule has 0 aromatic heterocycles. The van der Waals surface area contributed by atoms with Crippen LogP contribution in [-0.2, 0) is 5.41 Å². The van der Waals surface area contributed by atoms with Gasteiger partial charge in [-0.3, -0.25) is 5.43 Å². The van der Waals surface area contributed by atoms with Gasteiger partial charge in [0.25, 0.3) is 0 Å². The Morgan fingerprint density at radius 2 is 1.96 bits per heavy atom. The van der Waals surface area contributed by atoms with Crippen molar-refractivity contribution in [2.75, 3.05) is 17.4 Å². The molecule has 2 aromatic carbocycles. The molecule has 1 heterocycles. The van der Waals surface area contributed by atoms with Crippen LogP contribution in [0.4, 0.5) is 11.4 Å². The van der Waals surface area contributed by atoms with E-state index in [9.17, 15) is 4.79 Å². The summed E-state index contributed by atoms with van der Waals surface area (Å²) in [5.41, 5.74) is 7.28. The van der Waals surface area contributed by atoms with Gasteiger partial charge in [-0.05, 0) is 35.9 Å². The van der Waals surface area contributed by atoms with Gasteiger partial charge in [0, 0.05) is 30.1 Å². The summed E-state index contributed by atoms with van der Waals surface area (Å²) in [4.78, 5) is 13.2. The third-order valence-corrected chi connectivity index (χ3v) is 4.55. The van der Waals surface area contributed by atoms with Crippen LogP contribution in [-0.4, -0.2) is 24.3 Å². The second-order valence-electron chi connectivity index (χ2n) is 6.53. The van der Waals surface area contributed by atoms with Crippen molar-refractivity contribution >= 4 is 23.6 Å². The number of hydrogen-bond donors (Lipinski definition) is 2. The van der Waals surface area contributed by atoms with E-state index < -0.39 is 5.97 Å². The van der Waals surface area contributed by atoms with Crippen LogP contribution in [0.5, 0.6) is 0 Å². The first-order valence-corrected chi connectivity index (χ1v) is 8.07. The Morgan fingerprint density at radius 1 is 1.20 bits per heavy atom. The molecule has 0 radical (unpaired) electrons. The van der Waals surface area contributed by atoms with Crippen molar-refractivity contribution in [2.45, 2.75) is 19.3 Å². The normalized spacial score (nSPS) is 17.1. The smallest absolute Gasteiger partial charge is 0.335 e. The quantitative estimate of drug-likeness (QED) is 0.652. The summed E-state index contributed by atoms with van der Waals surface area (Å²) in [6, 6.07) is 14.9. The highest BCUT2D eigenvalue weighted by Gasteiger charge is 2.37. The molecule has 5 nitrogen and oxygen atoms in total. The molecule has 0 unspecified atom stereocenters. The van der Waals surface area contributed by atoms with Crippen molar-refractivity contribution in [1.82, 2.24) is 0 Å². The van der Waals surface area contributed by atoms with Gasteiger partial charge in [0.2, 0.25) is 0 Å². The molecule has 0 fully saturated rings. The molecule has 5 heteroatoms. The number of carboxylic acid groups (broad SMARTS) is 1. The minimum Gasteiger partial charge on any atom is -0.478 e. The molecular formula is C20H21N3O2. The van der Waals surface area contributed by atoms with Gasteiger partial charge in [-0.1, -0.05) is 38.1 Å². The summed E-state index contributed by atoms with van der Waals surface area (Å²) in [7, 11) is 2.05. The topological polar surface area (TPSA) is 64.9 Å². The van der Waals surface area contributed by atoms with Crippen LogP contribution < -0.4 is 10.3 Å². The lowest BCUT2D eigenvalue weighted by Gasteiger charge is -2.23. The van der Waals surface area contributed by atoms with Crippen LogP contribution in [0, 0.1) is 0 Å². The monoisotopic (exact) mass is 335 g/mol. The first-order chi connectivity index (χ1) is 11.9. The van der Waals surface area contributed by atoms with E-state index in [4.69, 9.17) is 5.11 Å². The lowest BCUT2D eigenvalue weighted by atomic mass is 9.84. The number of nitrogens with one attached hydrogen (secondary N) is 1. The summed E-state index contributed by atoms with van der Waals surface area (Å²) in [6.07, 6.45) is 3.68. The fourth-order valence-corrected chi connectivity index (χ4v) is 3.24. The van der Waals surface area contributed by atoms with Crippen molar-refractivity contribution in [3.8, 4) is 0 Å². The van der Waals surface area contributed by atoms with Gasteiger partial charge in [-0.2, -0.15) is 5.10 Å². The maximum atomic E-state index is 11.0. The lowest BCUT2D eigenvalue weighted by Crippen LogP contribution is -2.23. The van der Waals surface area contributed by atoms with Gasteiger partial charge in [-0.25, -0.2) is 4.79 Å². The summed E-state index contributed by atoms with van der Waals surface area (Å²) in [5, 5.41) is 13.2. The first kappa shape index (κ1) is 16.8. The molecule has 25 heavy (non-hydrogen) atoms. The highest BCUT2D eigenvalue weighted by Crippen LogP contribution is 2.46. The third-order valence-electron chi connectivity index (χ3n) is 4.55. The number of aromatic carboxylic acids is 1. The Morgan fingerprint density at radius 3 is 2.68 bits per heavy atom. The van der Waals surface area contributed by atoms with Crippen molar-refractivity contribution in [3.05, 3.63) is 71.4 Å². The molecule has 3 rings (SSSR count). The number of hydrogen-bond acceptors (Lipinski definition) is 4. The van der Waals surface area contributed by atoms with Gasteiger partial charge in [0.15, 0.2) is 0 Å². The van der Waals surface area contributed by atoms with Crippen LogP contribution in [0.1, 0.15) is 29.8 Å². The van der Waals surface area contributed by atoms with Gasteiger partial charge < -0.3 is 10.0 Å². The van der Waals surface area contributed by atoms with Crippen molar-refractivity contribution in [2.24, 2.45) is 5.10 Å². The van der Waals surface area contributed by atoms with Crippen LogP contribution >= 0.6 is 0 Å². The van der Waals surface area contributed by atoms with E-state index in [2.05, 4.69) is 54.5 Å². The fourth-order valence-electron chi connectivity index (χ4n) is 3.24. The predicted octanol–water partition coefficient (Wildman–Crippen LogP) is 4.09. The fraction of sp³-hybridized carbons (Fsp3) is 0.200. The number of likely N-dealkylation sites (N-methyl/N-ethyl adjacent to an activating group) is 1. The number of hydrazone groups is 1. The van der Waals surface area contributed by atoms with E-state index in [-0.39, 0.29) is 11.0 Å². The van der Waals surface area contributed by atoms with E-state index in [0.29, 0.717) is 5.69 Å². The minimum atomic E-state index is -0.957. The van der Waals surface area contributed by atoms with E-state index in [0.717, 1.165) is 5.70 Å². The molecule has 2 N–H and O–H groups in total. The molecule has 128 valence electrons. The van der Waals surface area contributed by atoms with E-state index in [1.807, 2.05) is 12.1 Å². The summed E-state index contributed by atoms with van der Waals surface area (Å²) < 4.78 is 0. The molecule has 0 bridgehead atoms. The molecule has 0 aliphatic carbocycles. The second kappa shape index (κ2) is 6.43. The number of rotatable bonds is 4. The number of carbonyl (C=O) groups is 1. The minimum absolute atomic E-state index is 0.0966. The lowest BCUT2D eigenvalue weighted by molar-refractivity contribution is 0.0697. The molecule has 0 spiro atoms. The standard InChI is InChI=1S/C20H21N3O2/c1-20(2)16-9-4-5-10-17(16)23(3)18(20)11-12-21-22-15-8-6-7-14(13-15)19(24)25/h4-13,22H,1-3H3,(H,24,25)/b18-11-,21-12-. The predicted molar refractivity (Wildman–Crippen MR) is 101 cm³/mol.